The van der Waals surface area contributed by atoms with E-state index in [1.807, 2.05) is 0 Å². The summed E-state index contributed by atoms with van der Waals surface area (Å²) in [6, 6.07) is 4.89. The van der Waals surface area contributed by atoms with Crippen molar-refractivity contribution in [1.29, 1.82) is 0 Å². The number of thiocarbonyl (C=S) groups is 1. The molecule has 1 heterocycles. The number of halogens is 1. The van der Waals surface area contributed by atoms with Gasteiger partial charge < -0.3 is 50.4 Å². The zero-order valence-corrected chi connectivity index (χ0v) is 44.8. The Morgan fingerprint density at radius 3 is 1.38 bits per heavy atom. The van der Waals surface area contributed by atoms with Gasteiger partial charge in [-0.3, -0.25) is 0 Å². The Kier molecular flexibility index (Phi) is 40.6. The number of aliphatic hydroxyl groups excluding tert-OH is 5. The van der Waals surface area contributed by atoms with Gasteiger partial charge in [-0.2, -0.15) is 0 Å². The molecule has 0 amide bonds. The van der Waals surface area contributed by atoms with E-state index in [-0.39, 0.29) is 18.4 Å². The Bertz CT molecular complexity index is 1300. The van der Waals surface area contributed by atoms with Gasteiger partial charge in [0.1, 0.15) is 36.8 Å². The summed E-state index contributed by atoms with van der Waals surface area (Å²) in [6.45, 7) is 4.78. The molecule has 8 atom stereocenters. The van der Waals surface area contributed by atoms with Gasteiger partial charge >= 0.3 is 0 Å². The number of anilines is 1. The van der Waals surface area contributed by atoms with Gasteiger partial charge in [0.25, 0.3) is 5.17 Å². The maximum atomic E-state index is 13.3. The first kappa shape index (κ1) is 63.6. The van der Waals surface area contributed by atoms with Crippen molar-refractivity contribution in [3.8, 4) is 0 Å². The molecule has 1 aromatic carbocycles. The van der Waals surface area contributed by atoms with Crippen molar-refractivity contribution in [2.24, 2.45) is 0 Å². The molecule has 0 saturated carbocycles. The van der Waals surface area contributed by atoms with Crippen LogP contribution in [-0.2, 0) is 14.2 Å². The van der Waals surface area contributed by atoms with Crippen LogP contribution in [0.4, 0.5) is 10.1 Å². The van der Waals surface area contributed by atoms with E-state index in [0.717, 1.165) is 38.5 Å². The largest absolute Gasteiger partial charge is 0.468 e. The van der Waals surface area contributed by atoms with Crippen molar-refractivity contribution in [3.63, 3.8) is 0 Å². The van der Waals surface area contributed by atoms with Gasteiger partial charge in [0.2, 0.25) is 0 Å². The first-order chi connectivity index (χ1) is 33.7. The lowest BCUT2D eigenvalue weighted by atomic mass is 9.98. The molecule has 1 aliphatic rings. The molecular weight excluding hydrogens is 892 g/mol. The smallest absolute Gasteiger partial charge is 0.261 e. The highest BCUT2D eigenvalue weighted by Gasteiger charge is 2.45. The number of unbranched alkanes of at least 4 members (excludes halogenated alkanes) is 34. The molecule has 1 saturated heterocycles. The number of hydrogen-bond acceptors (Lipinski definition) is 10. The SMILES string of the molecule is CCCCCCCCCCCCCCCCCCCCCCCCCCN[C@@H](CO[C@H]1O[C@H](COC(=S)Nc2ccc(F)cc2)[C@H](O)[C@H](O)[C@H]1O)[C@H](O)[C@H](O)CCCCCCCCCCCCCC. The van der Waals surface area contributed by atoms with Crippen LogP contribution in [0, 0.1) is 5.82 Å². The molecular formula is C57H105FN2O8S. The lowest BCUT2D eigenvalue weighted by Gasteiger charge is -2.40. The average molecular weight is 998 g/mol. The van der Waals surface area contributed by atoms with Crippen molar-refractivity contribution in [1.82, 2.24) is 5.32 Å². The minimum absolute atomic E-state index is 0.0502. The fourth-order valence-corrected chi connectivity index (χ4v) is 9.71. The second kappa shape index (κ2) is 44.0. The highest BCUT2D eigenvalue weighted by molar-refractivity contribution is 7.80. The van der Waals surface area contributed by atoms with E-state index >= 15 is 0 Å². The fourth-order valence-electron chi connectivity index (χ4n) is 9.52. The van der Waals surface area contributed by atoms with Crippen LogP contribution in [0.5, 0.6) is 0 Å². The molecule has 12 heteroatoms. The Morgan fingerprint density at radius 2 is 0.957 bits per heavy atom. The molecule has 69 heavy (non-hydrogen) atoms. The highest BCUT2D eigenvalue weighted by Crippen LogP contribution is 2.24. The number of aliphatic hydroxyl groups is 5. The van der Waals surface area contributed by atoms with Crippen molar-refractivity contribution in [2.75, 3.05) is 25.1 Å². The predicted molar refractivity (Wildman–Crippen MR) is 287 cm³/mol. The highest BCUT2D eigenvalue weighted by atomic mass is 32.1. The maximum absolute atomic E-state index is 13.3. The van der Waals surface area contributed by atoms with Crippen LogP contribution in [-0.4, -0.2) is 99.4 Å². The van der Waals surface area contributed by atoms with E-state index < -0.39 is 54.8 Å². The number of rotatable bonds is 47. The topological polar surface area (TPSA) is 153 Å². The molecule has 10 nitrogen and oxygen atoms in total. The number of benzene rings is 1. The van der Waals surface area contributed by atoms with E-state index in [1.54, 1.807) is 0 Å². The van der Waals surface area contributed by atoms with Gasteiger partial charge in [-0.25, -0.2) is 4.39 Å². The summed E-state index contributed by atoms with van der Waals surface area (Å²) in [5.74, 6) is -0.393. The standard InChI is InChI=1S/C57H105FN2O8S/c1-3-5-7-9-11-13-15-17-18-19-20-21-22-23-24-25-26-27-28-30-32-34-36-38-44-59-49(52(62)50(61)39-37-35-33-31-29-16-14-12-10-8-6-4-2)45-66-56-55(65)54(64)53(63)51(68-56)46-67-57(69)60-48-42-40-47(58)41-43-48/h40-43,49-56,59,61-65H,3-39,44-46H2,1-2H3,(H,60,69)/t49-,50+,51+,52-,53-,54-,55+,56-/m0/s1. The molecule has 2 rings (SSSR count). The molecule has 1 fully saturated rings. The number of nitrogens with one attached hydrogen (secondary N) is 2. The second-order valence-corrected chi connectivity index (χ2v) is 20.9. The normalized spacial score (nSPS) is 19.7. The summed E-state index contributed by atoms with van der Waals surface area (Å²) in [4.78, 5) is 0. The van der Waals surface area contributed by atoms with E-state index in [2.05, 4.69) is 24.5 Å². The molecule has 0 spiro atoms. The summed E-state index contributed by atoms with van der Waals surface area (Å²) in [6.07, 6.45) is 38.0. The average Bonchev–Trinajstić information content (AvgIpc) is 3.35. The van der Waals surface area contributed by atoms with Gasteiger partial charge in [0.05, 0.1) is 24.9 Å². The Hall–Kier alpha value is -1.48. The maximum Gasteiger partial charge on any atom is 0.261 e. The Morgan fingerprint density at radius 1 is 0.565 bits per heavy atom. The van der Waals surface area contributed by atoms with Crippen LogP contribution in [0.2, 0.25) is 0 Å². The quantitative estimate of drug-likeness (QED) is 0.0247. The zero-order valence-electron chi connectivity index (χ0n) is 44.0. The zero-order chi connectivity index (χ0) is 50.0. The van der Waals surface area contributed by atoms with Crippen LogP contribution in [0.3, 0.4) is 0 Å². The summed E-state index contributed by atoms with van der Waals surface area (Å²) < 4.78 is 30.8. The summed E-state index contributed by atoms with van der Waals surface area (Å²) in [7, 11) is 0. The molecule has 0 aliphatic carbocycles. The van der Waals surface area contributed by atoms with Crippen molar-refractivity contribution < 1.29 is 44.1 Å². The molecule has 0 bridgehead atoms. The lowest BCUT2D eigenvalue weighted by Crippen LogP contribution is -2.60. The van der Waals surface area contributed by atoms with Crippen LogP contribution in [0.25, 0.3) is 0 Å². The van der Waals surface area contributed by atoms with Crippen molar-refractivity contribution in [2.45, 2.75) is 300 Å². The molecule has 1 aromatic rings. The predicted octanol–water partition coefficient (Wildman–Crippen LogP) is 13.5. The fraction of sp³-hybridized carbons (Fsp3) is 0.877. The van der Waals surface area contributed by atoms with Crippen molar-refractivity contribution in [3.05, 3.63) is 30.1 Å². The van der Waals surface area contributed by atoms with E-state index in [0.29, 0.717) is 18.7 Å². The van der Waals surface area contributed by atoms with Gasteiger partial charge in [0.15, 0.2) is 6.29 Å². The van der Waals surface area contributed by atoms with Gasteiger partial charge in [-0.05, 0) is 55.9 Å². The molecule has 0 unspecified atom stereocenters. The Labute approximate surface area is 426 Å². The number of ether oxygens (including phenoxy) is 3. The van der Waals surface area contributed by atoms with E-state index in [9.17, 15) is 29.9 Å². The molecule has 0 radical (unpaired) electrons. The van der Waals surface area contributed by atoms with Crippen LogP contribution in [0.1, 0.15) is 251 Å². The van der Waals surface area contributed by atoms with Crippen LogP contribution < -0.4 is 10.6 Å². The Balaban J connectivity index is 1.68. The van der Waals surface area contributed by atoms with E-state index in [1.165, 1.54) is 217 Å². The molecule has 1 aliphatic heterocycles. The molecule has 7 N–H and O–H groups in total. The van der Waals surface area contributed by atoms with Gasteiger partial charge in [-0.1, -0.05) is 239 Å². The minimum atomic E-state index is -1.59. The third-order valence-electron chi connectivity index (χ3n) is 14.2. The second-order valence-electron chi connectivity index (χ2n) is 20.5. The monoisotopic (exact) mass is 997 g/mol. The summed E-state index contributed by atoms with van der Waals surface area (Å²) >= 11 is 5.24. The number of hydrogen-bond donors (Lipinski definition) is 7. The molecule has 0 aromatic heterocycles. The van der Waals surface area contributed by atoms with E-state index in [4.69, 9.17) is 26.4 Å². The third kappa shape index (κ3) is 33.1. The molecule has 404 valence electrons. The third-order valence-corrected chi connectivity index (χ3v) is 14.4. The minimum Gasteiger partial charge on any atom is -0.468 e. The van der Waals surface area contributed by atoms with Gasteiger partial charge in [0, 0.05) is 5.69 Å². The first-order valence-electron chi connectivity index (χ1n) is 28.8. The van der Waals surface area contributed by atoms with Crippen molar-refractivity contribution >= 4 is 23.1 Å². The van der Waals surface area contributed by atoms with Gasteiger partial charge in [-0.15, -0.1) is 0 Å². The lowest BCUT2D eigenvalue weighted by molar-refractivity contribution is -0.302. The van der Waals surface area contributed by atoms with Crippen LogP contribution in [0.15, 0.2) is 24.3 Å². The first-order valence-corrected chi connectivity index (χ1v) is 29.2. The summed E-state index contributed by atoms with van der Waals surface area (Å²) in [5.41, 5.74) is 0.507. The van der Waals surface area contributed by atoms with Crippen LogP contribution >= 0.6 is 12.2 Å². The summed E-state index contributed by atoms with van der Waals surface area (Å²) in [5, 5.41) is 61.0.